The molecule has 0 saturated heterocycles. The monoisotopic (exact) mass is 282 g/mol. The maximum absolute atomic E-state index is 11.0. The molecule has 4 heteroatoms. The highest BCUT2D eigenvalue weighted by atomic mass is 32.2. The van der Waals surface area contributed by atoms with E-state index in [1.54, 1.807) is 0 Å². The lowest BCUT2D eigenvalue weighted by molar-refractivity contribution is -0.137. The van der Waals surface area contributed by atoms with Crippen LogP contribution in [0, 0.1) is 19.8 Å². The first-order chi connectivity index (χ1) is 8.90. The van der Waals surface area contributed by atoms with Gasteiger partial charge in [-0.15, -0.1) is 11.8 Å². The van der Waals surface area contributed by atoms with Crippen LogP contribution in [0.15, 0.2) is 18.2 Å². The average molecular weight is 282 g/mol. The smallest absolute Gasteiger partial charge is 0.316 e. The number of benzene rings is 1. The number of rotatable bonds is 7. The van der Waals surface area contributed by atoms with Crippen LogP contribution >= 0.6 is 11.8 Å². The Balaban J connectivity index is 2.40. The highest BCUT2D eigenvalue weighted by Gasteiger charge is 2.21. The molecule has 1 unspecified atom stereocenters. The van der Waals surface area contributed by atoms with Crippen molar-refractivity contribution >= 4 is 17.7 Å². The number of ether oxygens (including phenoxy) is 1. The van der Waals surface area contributed by atoms with Gasteiger partial charge >= 0.3 is 5.97 Å². The van der Waals surface area contributed by atoms with Crippen molar-refractivity contribution in [3.05, 3.63) is 29.3 Å². The standard InChI is InChI=1S/C15H22O3S/c1-10(2)14(15(16)17)19-6-5-18-13-8-11(3)7-12(4)9-13/h7-10,14H,5-6H2,1-4H3,(H,16,17). The SMILES string of the molecule is Cc1cc(C)cc(OCCSC(C(=O)O)C(C)C)c1. The molecule has 0 aliphatic carbocycles. The van der Waals surface area contributed by atoms with Crippen LogP contribution in [0.3, 0.4) is 0 Å². The topological polar surface area (TPSA) is 46.5 Å². The fraction of sp³-hybridized carbons (Fsp3) is 0.533. The van der Waals surface area contributed by atoms with Gasteiger partial charge in [-0.2, -0.15) is 0 Å². The molecule has 1 aromatic rings. The zero-order valence-corrected chi connectivity index (χ0v) is 12.8. The van der Waals surface area contributed by atoms with E-state index in [1.807, 2.05) is 39.8 Å². The molecule has 0 radical (unpaired) electrons. The van der Waals surface area contributed by atoms with Crippen molar-refractivity contribution in [2.75, 3.05) is 12.4 Å². The molecular formula is C15H22O3S. The first-order valence-electron chi connectivity index (χ1n) is 6.45. The van der Waals surface area contributed by atoms with E-state index in [-0.39, 0.29) is 11.2 Å². The summed E-state index contributed by atoms with van der Waals surface area (Å²) in [5, 5.41) is 8.71. The predicted molar refractivity (Wildman–Crippen MR) is 80.1 cm³/mol. The Hall–Kier alpha value is -1.16. The molecule has 1 atom stereocenters. The van der Waals surface area contributed by atoms with Gasteiger partial charge in [0, 0.05) is 5.75 Å². The Morgan fingerprint density at radius 1 is 1.26 bits per heavy atom. The third-order valence-electron chi connectivity index (χ3n) is 2.69. The maximum Gasteiger partial charge on any atom is 0.316 e. The molecule has 19 heavy (non-hydrogen) atoms. The minimum atomic E-state index is -0.744. The van der Waals surface area contributed by atoms with Gasteiger partial charge in [0.15, 0.2) is 0 Å². The minimum Gasteiger partial charge on any atom is -0.493 e. The van der Waals surface area contributed by atoms with Crippen LogP contribution in [0.25, 0.3) is 0 Å². The number of aliphatic carboxylic acids is 1. The van der Waals surface area contributed by atoms with Crippen LogP contribution in [-0.2, 0) is 4.79 Å². The zero-order chi connectivity index (χ0) is 14.4. The Kier molecular flexibility index (Phi) is 6.22. The van der Waals surface area contributed by atoms with Gasteiger partial charge < -0.3 is 9.84 Å². The number of carboxylic acids is 1. The summed E-state index contributed by atoms with van der Waals surface area (Å²) in [6.07, 6.45) is 0. The maximum atomic E-state index is 11.0. The van der Waals surface area contributed by atoms with Gasteiger partial charge in [0.2, 0.25) is 0 Å². The highest BCUT2D eigenvalue weighted by molar-refractivity contribution is 8.00. The lowest BCUT2D eigenvalue weighted by Gasteiger charge is -2.15. The van der Waals surface area contributed by atoms with Crippen molar-refractivity contribution in [3.63, 3.8) is 0 Å². The second-order valence-corrected chi connectivity index (χ2v) is 6.29. The number of carboxylic acid groups (broad SMARTS) is 1. The number of thioether (sulfide) groups is 1. The summed E-state index contributed by atoms with van der Waals surface area (Å²) in [4.78, 5) is 11.0. The van der Waals surface area contributed by atoms with Crippen molar-refractivity contribution in [1.29, 1.82) is 0 Å². The van der Waals surface area contributed by atoms with Crippen molar-refractivity contribution in [1.82, 2.24) is 0 Å². The molecule has 0 aromatic heterocycles. The normalized spacial score (nSPS) is 12.5. The van der Waals surface area contributed by atoms with Crippen LogP contribution in [0.5, 0.6) is 5.75 Å². The van der Waals surface area contributed by atoms with Crippen LogP contribution in [-0.4, -0.2) is 28.7 Å². The Morgan fingerprint density at radius 3 is 2.32 bits per heavy atom. The molecule has 0 bridgehead atoms. The lowest BCUT2D eigenvalue weighted by Crippen LogP contribution is -2.23. The summed E-state index contributed by atoms with van der Waals surface area (Å²) in [5.41, 5.74) is 2.35. The largest absolute Gasteiger partial charge is 0.493 e. The first kappa shape index (κ1) is 15.9. The van der Waals surface area contributed by atoms with Gasteiger partial charge in [0.05, 0.1) is 6.61 Å². The van der Waals surface area contributed by atoms with Crippen molar-refractivity contribution < 1.29 is 14.6 Å². The van der Waals surface area contributed by atoms with Gasteiger partial charge in [-0.1, -0.05) is 19.9 Å². The summed E-state index contributed by atoms with van der Waals surface area (Å²) in [6, 6.07) is 6.09. The number of hydrogen-bond donors (Lipinski definition) is 1. The van der Waals surface area contributed by atoms with Crippen LogP contribution in [0.2, 0.25) is 0 Å². The molecule has 1 aromatic carbocycles. The van der Waals surface area contributed by atoms with Gasteiger partial charge in [0.25, 0.3) is 0 Å². The molecule has 1 rings (SSSR count). The van der Waals surface area contributed by atoms with Crippen molar-refractivity contribution in [2.45, 2.75) is 32.9 Å². The number of carbonyl (C=O) groups is 1. The van der Waals surface area contributed by atoms with E-state index in [1.165, 1.54) is 22.9 Å². The van der Waals surface area contributed by atoms with Gasteiger partial charge in [0.1, 0.15) is 11.0 Å². The summed E-state index contributed by atoms with van der Waals surface area (Å²) >= 11 is 1.44. The minimum absolute atomic E-state index is 0.128. The summed E-state index contributed by atoms with van der Waals surface area (Å²) < 4.78 is 5.66. The van der Waals surface area contributed by atoms with Crippen LogP contribution in [0.4, 0.5) is 0 Å². The predicted octanol–water partition coefficient (Wildman–Crippen LogP) is 3.52. The zero-order valence-electron chi connectivity index (χ0n) is 12.0. The molecule has 0 fully saturated rings. The summed E-state index contributed by atoms with van der Waals surface area (Å²) in [5.74, 6) is 0.923. The second-order valence-electron chi connectivity index (χ2n) is 5.05. The molecule has 0 spiro atoms. The van der Waals surface area contributed by atoms with Crippen molar-refractivity contribution in [2.24, 2.45) is 5.92 Å². The fourth-order valence-corrected chi connectivity index (χ4v) is 2.86. The van der Waals surface area contributed by atoms with Crippen LogP contribution < -0.4 is 4.74 Å². The van der Waals surface area contributed by atoms with Crippen LogP contribution in [0.1, 0.15) is 25.0 Å². The van der Waals surface area contributed by atoms with E-state index in [4.69, 9.17) is 9.84 Å². The van der Waals surface area contributed by atoms with Gasteiger partial charge in [-0.25, -0.2) is 0 Å². The van der Waals surface area contributed by atoms with E-state index in [2.05, 4.69) is 6.07 Å². The van der Waals surface area contributed by atoms with E-state index in [0.29, 0.717) is 12.4 Å². The Bertz CT molecular complexity index is 409. The third-order valence-corrected chi connectivity index (χ3v) is 4.20. The molecule has 0 saturated carbocycles. The van der Waals surface area contributed by atoms with Gasteiger partial charge in [-0.05, 0) is 43.0 Å². The molecule has 0 amide bonds. The third kappa shape index (κ3) is 5.55. The fourth-order valence-electron chi connectivity index (χ4n) is 1.90. The van der Waals surface area contributed by atoms with E-state index >= 15 is 0 Å². The quantitative estimate of drug-likeness (QED) is 0.777. The van der Waals surface area contributed by atoms with E-state index < -0.39 is 5.97 Å². The lowest BCUT2D eigenvalue weighted by atomic mass is 10.1. The van der Waals surface area contributed by atoms with Crippen molar-refractivity contribution in [3.8, 4) is 5.75 Å². The Labute approximate surface area is 119 Å². The summed E-state index contributed by atoms with van der Waals surface area (Å²) in [6.45, 7) is 8.46. The average Bonchev–Trinajstić information content (AvgIpc) is 2.26. The van der Waals surface area contributed by atoms with Gasteiger partial charge in [-0.3, -0.25) is 4.79 Å². The van der Waals surface area contributed by atoms with E-state index in [0.717, 1.165) is 5.75 Å². The Morgan fingerprint density at radius 2 is 1.84 bits per heavy atom. The van der Waals surface area contributed by atoms with E-state index in [9.17, 15) is 4.79 Å². The molecule has 0 heterocycles. The highest BCUT2D eigenvalue weighted by Crippen LogP contribution is 2.21. The number of hydrogen-bond acceptors (Lipinski definition) is 3. The molecule has 0 aliphatic rings. The molecule has 3 nitrogen and oxygen atoms in total. The molecule has 1 N–H and O–H groups in total. The molecular weight excluding hydrogens is 260 g/mol. The first-order valence-corrected chi connectivity index (χ1v) is 7.50. The number of aryl methyl sites for hydroxylation is 2. The second kappa shape index (κ2) is 7.43. The summed E-state index contributed by atoms with van der Waals surface area (Å²) in [7, 11) is 0. The molecule has 106 valence electrons. The molecule has 0 aliphatic heterocycles.